The number of fused-ring (bicyclic) bond motifs is 2. The number of para-hydroxylation sites is 4. The maximum atomic E-state index is 5.01. The first-order valence-electron chi connectivity index (χ1n) is 7.50. The molecule has 0 spiro atoms. The van der Waals surface area contributed by atoms with E-state index in [-0.39, 0.29) is 0 Å². The Labute approximate surface area is 139 Å². The van der Waals surface area contributed by atoms with Crippen LogP contribution in [0.4, 0.5) is 0 Å². The normalized spacial score (nSPS) is 9.67. The molecule has 24 heavy (non-hydrogen) atoms. The first-order chi connectivity index (χ1) is 11.9. The van der Waals surface area contributed by atoms with Crippen LogP contribution in [0.3, 0.4) is 0 Å². The summed E-state index contributed by atoms with van der Waals surface area (Å²) in [6.45, 7) is 0. The smallest absolute Gasteiger partial charge is 0.181 e. The molecule has 0 radical (unpaired) electrons. The molecule has 0 fully saturated rings. The van der Waals surface area contributed by atoms with Gasteiger partial charge in [-0.1, -0.05) is 60.7 Å². The minimum absolute atomic E-state index is 0.845. The number of benzene rings is 3. The second-order valence-corrected chi connectivity index (χ2v) is 4.79. The van der Waals surface area contributed by atoms with E-state index in [1.165, 1.54) is 12.8 Å². The van der Waals surface area contributed by atoms with Gasteiger partial charge in [0, 0.05) is 0 Å². The zero-order valence-corrected chi connectivity index (χ0v) is 12.9. The average molecular weight is 316 g/mol. The molecular formula is C20H16N2O2. The second-order valence-electron chi connectivity index (χ2n) is 4.79. The Hall–Kier alpha value is -3.40. The first-order valence-corrected chi connectivity index (χ1v) is 7.50. The van der Waals surface area contributed by atoms with Gasteiger partial charge in [0.25, 0.3) is 0 Å². The summed E-state index contributed by atoms with van der Waals surface area (Å²) in [7, 11) is 0. The second kappa shape index (κ2) is 8.29. The van der Waals surface area contributed by atoms with Gasteiger partial charge in [-0.25, -0.2) is 9.97 Å². The van der Waals surface area contributed by atoms with Gasteiger partial charge in [0.15, 0.2) is 24.0 Å². The van der Waals surface area contributed by atoms with Crippen LogP contribution in [0.5, 0.6) is 0 Å². The summed E-state index contributed by atoms with van der Waals surface area (Å²) in [4.78, 5) is 7.90. The largest absolute Gasteiger partial charge is 0.443 e. The molecular weight excluding hydrogens is 300 g/mol. The molecule has 0 amide bonds. The molecule has 2 aromatic heterocycles. The SMILES string of the molecule is c1ccc2ocnc2c1.c1ccc2ocnc2c1.c1ccccc1. The maximum absolute atomic E-state index is 5.01. The lowest BCUT2D eigenvalue weighted by molar-refractivity contribution is 0.602. The van der Waals surface area contributed by atoms with Crippen LogP contribution < -0.4 is 0 Å². The molecule has 0 aliphatic heterocycles. The van der Waals surface area contributed by atoms with Crippen LogP contribution in [0.15, 0.2) is 107 Å². The van der Waals surface area contributed by atoms with Crippen LogP contribution in [-0.2, 0) is 0 Å². The van der Waals surface area contributed by atoms with E-state index < -0.39 is 0 Å². The van der Waals surface area contributed by atoms with Crippen molar-refractivity contribution in [2.24, 2.45) is 0 Å². The van der Waals surface area contributed by atoms with Gasteiger partial charge in [0.2, 0.25) is 0 Å². The van der Waals surface area contributed by atoms with Crippen molar-refractivity contribution in [3.8, 4) is 0 Å². The summed E-state index contributed by atoms with van der Waals surface area (Å²) < 4.78 is 10.0. The summed E-state index contributed by atoms with van der Waals surface area (Å²) >= 11 is 0. The Morgan fingerprint density at radius 1 is 0.458 bits per heavy atom. The molecule has 0 saturated heterocycles. The molecule has 118 valence electrons. The van der Waals surface area contributed by atoms with Gasteiger partial charge in [-0.2, -0.15) is 0 Å². The molecule has 0 aliphatic carbocycles. The van der Waals surface area contributed by atoms with Gasteiger partial charge in [0.1, 0.15) is 11.0 Å². The van der Waals surface area contributed by atoms with Crippen molar-refractivity contribution in [3.05, 3.63) is 97.7 Å². The minimum Gasteiger partial charge on any atom is -0.443 e. The van der Waals surface area contributed by atoms with Crippen molar-refractivity contribution in [2.75, 3.05) is 0 Å². The molecule has 0 unspecified atom stereocenters. The summed E-state index contributed by atoms with van der Waals surface area (Å²) in [5.74, 6) is 0. The third-order valence-corrected chi connectivity index (χ3v) is 3.14. The van der Waals surface area contributed by atoms with Gasteiger partial charge < -0.3 is 8.83 Å². The molecule has 4 nitrogen and oxygen atoms in total. The molecule has 4 heteroatoms. The average Bonchev–Trinajstić information content (AvgIpc) is 3.33. The predicted molar refractivity (Wildman–Crippen MR) is 94.5 cm³/mol. The fourth-order valence-corrected chi connectivity index (χ4v) is 1.99. The number of hydrogen-bond donors (Lipinski definition) is 0. The Morgan fingerprint density at radius 3 is 1.21 bits per heavy atom. The zero-order chi connectivity index (χ0) is 16.5. The Morgan fingerprint density at radius 2 is 0.833 bits per heavy atom. The van der Waals surface area contributed by atoms with Gasteiger partial charge >= 0.3 is 0 Å². The lowest BCUT2D eigenvalue weighted by Crippen LogP contribution is -1.61. The topological polar surface area (TPSA) is 52.1 Å². The van der Waals surface area contributed by atoms with Crippen LogP contribution in [-0.4, -0.2) is 9.97 Å². The summed E-state index contributed by atoms with van der Waals surface area (Å²) in [6, 6.07) is 27.3. The van der Waals surface area contributed by atoms with Crippen molar-refractivity contribution in [2.45, 2.75) is 0 Å². The van der Waals surface area contributed by atoms with Crippen molar-refractivity contribution < 1.29 is 8.83 Å². The van der Waals surface area contributed by atoms with E-state index in [0.717, 1.165) is 22.2 Å². The molecule has 0 atom stereocenters. The van der Waals surface area contributed by atoms with Crippen LogP contribution in [0, 0.1) is 0 Å². The van der Waals surface area contributed by atoms with Gasteiger partial charge in [-0.3, -0.25) is 0 Å². The molecule has 0 saturated carbocycles. The monoisotopic (exact) mass is 316 g/mol. The van der Waals surface area contributed by atoms with E-state index in [4.69, 9.17) is 8.83 Å². The zero-order valence-electron chi connectivity index (χ0n) is 12.9. The molecule has 0 aliphatic rings. The Bertz CT molecular complexity index is 821. The quantitative estimate of drug-likeness (QED) is 0.387. The highest BCUT2D eigenvalue weighted by Crippen LogP contribution is 2.09. The third kappa shape index (κ3) is 4.30. The van der Waals surface area contributed by atoms with E-state index in [9.17, 15) is 0 Å². The van der Waals surface area contributed by atoms with Crippen LogP contribution >= 0.6 is 0 Å². The van der Waals surface area contributed by atoms with Gasteiger partial charge in [0.05, 0.1) is 0 Å². The highest BCUT2D eigenvalue weighted by Gasteiger charge is 1.92. The lowest BCUT2D eigenvalue weighted by atomic mass is 10.3. The molecule has 2 heterocycles. The fraction of sp³-hybridized carbons (Fsp3) is 0. The molecule has 5 aromatic rings. The molecule has 5 rings (SSSR count). The van der Waals surface area contributed by atoms with E-state index in [1.54, 1.807) is 0 Å². The molecule has 0 bridgehead atoms. The molecule has 3 aromatic carbocycles. The van der Waals surface area contributed by atoms with Gasteiger partial charge in [-0.15, -0.1) is 0 Å². The van der Waals surface area contributed by atoms with Crippen molar-refractivity contribution in [3.63, 3.8) is 0 Å². The lowest BCUT2D eigenvalue weighted by Gasteiger charge is -1.79. The summed E-state index contributed by atoms with van der Waals surface area (Å²) in [5.41, 5.74) is 3.52. The van der Waals surface area contributed by atoms with Gasteiger partial charge in [-0.05, 0) is 24.3 Å². The van der Waals surface area contributed by atoms with Crippen molar-refractivity contribution in [1.29, 1.82) is 0 Å². The van der Waals surface area contributed by atoms with Crippen molar-refractivity contribution in [1.82, 2.24) is 9.97 Å². The van der Waals surface area contributed by atoms with Crippen LogP contribution in [0.25, 0.3) is 22.2 Å². The highest BCUT2D eigenvalue weighted by atomic mass is 16.3. The van der Waals surface area contributed by atoms with E-state index in [2.05, 4.69) is 9.97 Å². The van der Waals surface area contributed by atoms with Crippen molar-refractivity contribution >= 4 is 22.2 Å². The Kier molecular flexibility index (Phi) is 5.35. The number of nitrogens with zero attached hydrogens (tertiary/aromatic N) is 2. The third-order valence-electron chi connectivity index (χ3n) is 3.14. The maximum Gasteiger partial charge on any atom is 0.181 e. The minimum atomic E-state index is 0.845. The van der Waals surface area contributed by atoms with E-state index in [0.29, 0.717) is 0 Å². The van der Waals surface area contributed by atoms with Crippen LogP contribution in [0.1, 0.15) is 0 Å². The molecule has 0 N–H and O–H groups in total. The number of oxazole rings is 2. The predicted octanol–water partition coefficient (Wildman–Crippen LogP) is 5.34. The van der Waals surface area contributed by atoms with Crippen LogP contribution in [0.2, 0.25) is 0 Å². The summed E-state index contributed by atoms with van der Waals surface area (Å²) in [5, 5.41) is 0. The van der Waals surface area contributed by atoms with E-state index >= 15 is 0 Å². The first kappa shape index (κ1) is 15.5. The highest BCUT2D eigenvalue weighted by molar-refractivity contribution is 5.71. The fourth-order valence-electron chi connectivity index (χ4n) is 1.99. The number of rotatable bonds is 0. The standard InChI is InChI=1S/2C7H5NO.C6H6/c2*1-2-4-7-6(3-1)8-5-9-7;1-2-4-6-5-3-1/h2*1-5H;1-6H. The number of hydrogen-bond acceptors (Lipinski definition) is 4. The Balaban J connectivity index is 0.000000108. The van der Waals surface area contributed by atoms with E-state index in [1.807, 2.05) is 84.9 Å². The number of aromatic nitrogens is 2. The summed E-state index contributed by atoms with van der Waals surface area (Å²) in [6.07, 6.45) is 2.90.